The van der Waals surface area contributed by atoms with Gasteiger partial charge in [-0.25, -0.2) is 13.2 Å². The molecule has 3 N–H and O–H groups in total. The Hall–Kier alpha value is -1.60. The van der Waals surface area contributed by atoms with Crippen molar-refractivity contribution in [3.8, 4) is 0 Å². The van der Waals surface area contributed by atoms with Crippen molar-refractivity contribution in [2.45, 2.75) is 13.0 Å². The summed E-state index contributed by atoms with van der Waals surface area (Å²) in [5.41, 5.74) is 1.32. The van der Waals surface area contributed by atoms with E-state index in [1.54, 1.807) is 31.2 Å². The molecule has 0 aliphatic heterocycles. The number of hydrogen-bond acceptors (Lipinski definition) is 4. The minimum atomic E-state index is -3.08. The summed E-state index contributed by atoms with van der Waals surface area (Å²) in [7, 11) is -3.08. The molecule has 0 aromatic heterocycles. The van der Waals surface area contributed by atoms with Crippen LogP contribution in [0.25, 0.3) is 0 Å². The number of carbonyl (C=O) groups is 1. The summed E-state index contributed by atoms with van der Waals surface area (Å²) >= 11 is 0. The van der Waals surface area contributed by atoms with Gasteiger partial charge in [0, 0.05) is 18.5 Å². The fraction of sp³-hybridized carbons (Fsp3) is 0.417. The van der Waals surface area contributed by atoms with Gasteiger partial charge < -0.3 is 15.7 Å². The second kappa shape index (κ2) is 6.53. The molecular formula is C12H18N2O4S. The molecule has 1 aromatic carbocycles. The molecule has 7 heteroatoms. The SMILES string of the molecule is CC(O)c1ccc(NC(=O)NCCS(C)(=O)=O)cc1. The smallest absolute Gasteiger partial charge is 0.319 e. The van der Waals surface area contributed by atoms with E-state index < -0.39 is 22.0 Å². The first-order valence-electron chi connectivity index (χ1n) is 5.78. The van der Waals surface area contributed by atoms with Gasteiger partial charge in [0.25, 0.3) is 0 Å². The summed E-state index contributed by atoms with van der Waals surface area (Å²) in [6.07, 6.45) is 0.555. The van der Waals surface area contributed by atoms with Crippen LogP contribution in [0.1, 0.15) is 18.6 Å². The van der Waals surface area contributed by atoms with Gasteiger partial charge in [0.1, 0.15) is 9.84 Å². The van der Waals surface area contributed by atoms with E-state index >= 15 is 0 Å². The Labute approximate surface area is 112 Å². The van der Waals surface area contributed by atoms with Crippen molar-refractivity contribution >= 4 is 21.6 Å². The highest BCUT2D eigenvalue weighted by molar-refractivity contribution is 7.90. The average Bonchev–Trinajstić information content (AvgIpc) is 2.27. The van der Waals surface area contributed by atoms with Gasteiger partial charge in [0.2, 0.25) is 0 Å². The number of aliphatic hydroxyl groups is 1. The van der Waals surface area contributed by atoms with Crippen molar-refractivity contribution < 1.29 is 18.3 Å². The third-order valence-electron chi connectivity index (χ3n) is 2.41. The molecule has 0 bridgehead atoms. The van der Waals surface area contributed by atoms with Gasteiger partial charge in [-0.15, -0.1) is 0 Å². The van der Waals surface area contributed by atoms with E-state index in [-0.39, 0.29) is 12.3 Å². The minimum absolute atomic E-state index is 0.0659. The van der Waals surface area contributed by atoms with Gasteiger partial charge in [-0.1, -0.05) is 12.1 Å². The number of sulfone groups is 1. The molecular weight excluding hydrogens is 268 g/mol. The summed E-state index contributed by atoms with van der Waals surface area (Å²) in [5, 5.41) is 14.3. The molecule has 1 rings (SSSR count). The molecule has 19 heavy (non-hydrogen) atoms. The van der Waals surface area contributed by atoms with Gasteiger partial charge in [-0.3, -0.25) is 0 Å². The molecule has 6 nitrogen and oxygen atoms in total. The third kappa shape index (κ3) is 6.21. The van der Waals surface area contributed by atoms with Crippen LogP contribution in [0.4, 0.5) is 10.5 Å². The van der Waals surface area contributed by atoms with Gasteiger partial charge in [-0.05, 0) is 24.6 Å². The second-order valence-corrected chi connectivity index (χ2v) is 6.57. The molecule has 0 saturated heterocycles. The van der Waals surface area contributed by atoms with Gasteiger partial charge in [0.15, 0.2) is 0 Å². The van der Waals surface area contributed by atoms with Crippen LogP contribution in [0, 0.1) is 0 Å². The zero-order chi connectivity index (χ0) is 14.5. The van der Waals surface area contributed by atoms with Crippen molar-refractivity contribution in [1.82, 2.24) is 5.32 Å². The molecule has 0 spiro atoms. The lowest BCUT2D eigenvalue weighted by Crippen LogP contribution is -2.32. The van der Waals surface area contributed by atoms with Crippen LogP contribution in [0.3, 0.4) is 0 Å². The van der Waals surface area contributed by atoms with E-state index in [1.807, 2.05) is 0 Å². The maximum Gasteiger partial charge on any atom is 0.319 e. The van der Waals surface area contributed by atoms with Crippen LogP contribution in [-0.4, -0.2) is 38.1 Å². The third-order valence-corrected chi connectivity index (χ3v) is 3.36. The Kier molecular flexibility index (Phi) is 5.31. The van der Waals surface area contributed by atoms with E-state index in [0.29, 0.717) is 5.69 Å². The maximum absolute atomic E-state index is 11.5. The average molecular weight is 286 g/mol. The maximum atomic E-state index is 11.5. The van der Waals surface area contributed by atoms with Gasteiger partial charge >= 0.3 is 6.03 Å². The van der Waals surface area contributed by atoms with Crippen molar-refractivity contribution in [3.63, 3.8) is 0 Å². The normalized spacial score (nSPS) is 12.8. The van der Waals surface area contributed by atoms with Crippen LogP contribution in [0.15, 0.2) is 24.3 Å². The van der Waals surface area contributed by atoms with E-state index in [9.17, 15) is 18.3 Å². The van der Waals surface area contributed by atoms with Crippen molar-refractivity contribution in [1.29, 1.82) is 0 Å². The van der Waals surface area contributed by atoms with Crippen LogP contribution in [0.5, 0.6) is 0 Å². The highest BCUT2D eigenvalue weighted by Gasteiger charge is 2.05. The molecule has 0 aliphatic carbocycles. The van der Waals surface area contributed by atoms with Crippen LogP contribution < -0.4 is 10.6 Å². The lowest BCUT2D eigenvalue weighted by atomic mass is 10.1. The molecule has 0 fully saturated rings. The highest BCUT2D eigenvalue weighted by Crippen LogP contribution is 2.15. The first-order valence-corrected chi connectivity index (χ1v) is 7.84. The fourth-order valence-corrected chi connectivity index (χ4v) is 1.84. The van der Waals surface area contributed by atoms with Crippen molar-refractivity contribution in [2.24, 2.45) is 0 Å². The lowest BCUT2D eigenvalue weighted by molar-refractivity contribution is 0.199. The quantitative estimate of drug-likeness (QED) is 0.749. The predicted molar refractivity (Wildman–Crippen MR) is 73.8 cm³/mol. The molecule has 106 valence electrons. The number of carbonyl (C=O) groups excluding carboxylic acids is 1. The molecule has 1 unspecified atom stereocenters. The largest absolute Gasteiger partial charge is 0.389 e. The standard InChI is InChI=1S/C12H18N2O4S/c1-9(15)10-3-5-11(6-4-10)14-12(16)13-7-8-19(2,17)18/h3-6,9,15H,7-8H2,1-2H3,(H2,13,14,16). The topological polar surface area (TPSA) is 95.5 Å². The Morgan fingerprint density at radius 1 is 1.32 bits per heavy atom. The molecule has 2 amide bonds. The molecule has 1 atom stereocenters. The fourth-order valence-electron chi connectivity index (χ4n) is 1.37. The van der Waals surface area contributed by atoms with Crippen LogP contribution in [0.2, 0.25) is 0 Å². The minimum Gasteiger partial charge on any atom is -0.389 e. The molecule has 1 aromatic rings. The molecule has 0 aliphatic rings. The monoisotopic (exact) mass is 286 g/mol. The van der Waals surface area contributed by atoms with E-state index in [2.05, 4.69) is 10.6 Å². The Bertz CT molecular complexity index is 523. The number of nitrogens with one attached hydrogen (secondary N) is 2. The van der Waals surface area contributed by atoms with Crippen LogP contribution >= 0.6 is 0 Å². The summed E-state index contributed by atoms with van der Waals surface area (Å²) in [4.78, 5) is 11.5. The number of anilines is 1. The lowest BCUT2D eigenvalue weighted by Gasteiger charge is -2.09. The number of benzene rings is 1. The number of aliphatic hydroxyl groups excluding tert-OH is 1. The first kappa shape index (κ1) is 15.5. The molecule has 0 saturated carbocycles. The number of rotatable bonds is 5. The zero-order valence-electron chi connectivity index (χ0n) is 10.9. The first-order chi connectivity index (χ1) is 8.78. The summed E-state index contributed by atoms with van der Waals surface area (Å²) in [6.45, 7) is 1.72. The van der Waals surface area contributed by atoms with Crippen molar-refractivity contribution in [3.05, 3.63) is 29.8 Å². The Balaban J connectivity index is 2.44. The number of amides is 2. The van der Waals surface area contributed by atoms with E-state index in [1.165, 1.54) is 0 Å². The van der Waals surface area contributed by atoms with Gasteiger partial charge in [-0.2, -0.15) is 0 Å². The number of hydrogen-bond donors (Lipinski definition) is 3. The van der Waals surface area contributed by atoms with Crippen LogP contribution in [-0.2, 0) is 9.84 Å². The summed E-state index contributed by atoms with van der Waals surface area (Å²) < 4.78 is 21.8. The second-order valence-electron chi connectivity index (χ2n) is 4.31. The molecule has 0 heterocycles. The highest BCUT2D eigenvalue weighted by atomic mass is 32.2. The predicted octanol–water partition coefficient (Wildman–Crippen LogP) is 0.906. The Morgan fingerprint density at radius 2 is 1.89 bits per heavy atom. The Morgan fingerprint density at radius 3 is 2.37 bits per heavy atom. The van der Waals surface area contributed by atoms with Crippen molar-refractivity contribution in [2.75, 3.05) is 23.9 Å². The summed E-state index contributed by atoms with van der Waals surface area (Å²) in [6, 6.07) is 6.28. The zero-order valence-corrected chi connectivity index (χ0v) is 11.7. The van der Waals surface area contributed by atoms with E-state index in [0.717, 1.165) is 11.8 Å². The number of urea groups is 1. The van der Waals surface area contributed by atoms with Gasteiger partial charge in [0.05, 0.1) is 11.9 Å². The molecule has 0 radical (unpaired) electrons. The summed E-state index contributed by atoms with van der Waals surface area (Å²) in [5.74, 6) is -0.0958. The van der Waals surface area contributed by atoms with E-state index in [4.69, 9.17) is 0 Å².